The van der Waals surface area contributed by atoms with Crippen molar-refractivity contribution in [3.8, 4) is 0 Å². The molecule has 15 heavy (non-hydrogen) atoms. The number of hydrogen-bond acceptors (Lipinski definition) is 3. The van der Waals surface area contributed by atoms with Crippen molar-refractivity contribution in [1.29, 1.82) is 0 Å². The summed E-state index contributed by atoms with van der Waals surface area (Å²) in [5.74, 6) is 2.00. The highest BCUT2D eigenvalue weighted by atomic mass is 32.2. The van der Waals surface area contributed by atoms with Gasteiger partial charge in [-0.1, -0.05) is 13.8 Å². The second-order valence-corrected chi connectivity index (χ2v) is 6.21. The zero-order chi connectivity index (χ0) is 10.9. The first-order chi connectivity index (χ1) is 7.09. The molecule has 1 fully saturated rings. The van der Waals surface area contributed by atoms with Gasteiger partial charge >= 0.3 is 0 Å². The molecular formula is C12H19NOS. The second kappa shape index (κ2) is 4.22. The molecule has 0 saturated heterocycles. The van der Waals surface area contributed by atoms with Crippen LogP contribution in [0.15, 0.2) is 22.8 Å². The average molecular weight is 225 g/mol. The Morgan fingerprint density at radius 1 is 1.60 bits per heavy atom. The van der Waals surface area contributed by atoms with E-state index in [0.717, 1.165) is 11.5 Å². The van der Waals surface area contributed by atoms with Crippen LogP contribution in [0.25, 0.3) is 0 Å². The Hall–Kier alpha value is -0.410. The number of hydrogen-bond donors (Lipinski definition) is 1. The molecule has 1 aromatic rings. The maximum Gasteiger partial charge on any atom is 0.113 e. The minimum Gasteiger partial charge on any atom is -0.468 e. The first-order valence-corrected chi connectivity index (χ1v) is 6.54. The van der Waals surface area contributed by atoms with Crippen molar-refractivity contribution < 1.29 is 4.42 Å². The van der Waals surface area contributed by atoms with E-state index in [2.05, 4.69) is 13.8 Å². The number of thioether (sulfide) groups is 1. The normalized spacial score (nSPS) is 29.5. The number of nitrogens with two attached hydrogens (primary N) is 1. The van der Waals surface area contributed by atoms with Crippen LogP contribution in [-0.2, 0) is 5.75 Å². The molecule has 2 unspecified atom stereocenters. The largest absolute Gasteiger partial charge is 0.468 e. The van der Waals surface area contributed by atoms with E-state index in [0.29, 0.717) is 16.7 Å². The topological polar surface area (TPSA) is 39.2 Å². The summed E-state index contributed by atoms with van der Waals surface area (Å²) < 4.78 is 5.32. The van der Waals surface area contributed by atoms with Crippen molar-refractivity contribution in [1.82, 2.24) is 0 Å². The predicted octanol–water partition coefficient (Wildman–Crippen LogP) is 3.03. The number of rotatable bonds is 3. The Balaban J connectivity index is 1.86. The van der Waals surface area contributed by atoms with Crippen LogP contribution >= 0.6 is 11.8 Å². The highest BCUT2D eigenvalue weighted by molar-refractivity contribution is 7.99. The summed E-state index contributed by atoms with van der Waals surface area (Å²) in [6.07, 6.45) is 4.21. The third-order valence-electron chi connectivity index (χ3n) is 3.40. The van der Waals surface area contributed by atoms with Gasteiger partial charge in [-0.25, -0.2) is 0 Å². The van der Waals surface area contributed by atoms with Crippen LogP contribution in [0, 0.1) is 5.41 Å². The fourth-order valence-electron chi connectivity index (χ4n) is 2.13. The van der Waals surface area contributed by atoms with Crippen LogP contribution in [-0.4, -0.2) is 11.3 Å². The van der Waals surface area contributed by atoms with Gasteiger partial charge in [0.1, 0.15) is 5.76 Å². The quantitative estimate of drug-likeness (QED) is 0.859. The van der Waals surface area contributed by atoms with Crippen molar-refractivity contribution in [3.63, 3.8) is 0 Å². The van der Waals surface area contributed by atoms with Crippen molar-refractivity contribution >= 4 is 11.8 Å². The molecule has 1 aliphatic carbocycles. The van der Waals surface area contributed by atoms with Crippen LogP contribution in [0.2, 0.25) is 0 Å². The Morgan fingerprint density at radius 2 is 2.40 bits per heavy atom. The highest BCUT2D eigenvalue weighted by Crippen LogP contribution is 2.42. The molecule has 0 radical (unpaired) electrons. The van der Waals surface area contributed by atoms with Crippen LogP contribution in [0.5, 0.6) is 0 Å². The lowest BCUT2D eigenvalue weighted by atomic mass is 9.88. The van der Waals surface area contributed by atoms with E-state index in [1.807, 2.05) is 23.9 Å². The molecule has 1 aromatic heterocycles. The molecular weight excluding hydrogens is 206 g/mol. The second-order valence-electron chi connectivity index (χ2n) is 4.98. The highest BCUT2D eigenvalue weighted by Gasteiger charge is 2.39. The smallest absolute Gasteiger partial charge is 0.113 e. The minimum absolute atomic E-state index is 0.306. The molecule has 0 spiro atoms. The van der Waals surface area contributed by atoms with Gasteiger partial charge in [0.25, 0.3) is 0 Å². The van der Waals surface area contributed by atoms with Crippen molar-refractivity contribution in [2.75, 3.05) is 0 Å². The average Bonchev–Trinajstić information content (AvgIpc) is 2.76. The van der Waals surface area contributed by atoms with Gasteiger partial charge in [-0.3, -0.25) is 0 Å². The molecule has 2 N–H and O–H groups in total. The fraction of sp³-hybridized carbons (Fsp3) is 0.667. The summed E-state index contributed by atoms with van der Waals surface area (Å²) in [6.45, 7) is 4.54. The molecule has 0 aromatic carbocycles. The Labute approximate surface area is 95.6 Å². The van der Waals surface area contributed by atoms with Gasteiger partial charge in [-0.05, 0) is 30.4 Å². The van der Waals surface area contributed by atoms with E-state index in [-0.39, 0.29) is 0 Å². The molecule has 84 valence electrons. The molecule has 0 aliphatic heterocycles. The molecule has 1 heterocycles. The van der Waals surface area contributed by atoms with Crippen molar-refractivity contribution in [2.45, 2.75) is 43.7 Å². The molecule has 0 bridgehead atoms. The van der Waals surface area contributed by atoms with Crippen LogP contribution < -0.4 is 5.73 Å². The molecule has 1 saturated carbocycles. The molecule has 0 amide bonds. The third kappa shape index (κ3) is 2.40. The Morgan fingerprint density at radius 3 is 2.93 bits per heavy atom. The van der Waals surface area contributed by atoms with Crippen LogP contribution in [0.3, 0.4) is 0 Å². The summed E-state index contributed by atoms with van der Waals surface area (Å²) in [6, 6.07) is 4.28. The first-order valence-electron chi connectivity index (χ1n) is 5.49. The zero-order valence-corrected chi connectivity index (χ0v) is 10.2. The van der Waals surface area contributed by atoms with Crippen LogP contribution in [0.1, 0.15) is 32.4 Å². The molecule has 2 atom stereocenters. The van der Waals surface area contributed by atoms with Gasteiger partial charge in [0.05, 0.1) is 12.0 Å². The van der Waals surface area contributed by atoms with E-state index >= 15 is 0 Å². The lowest BCUT2D eigenvalue weighted by Gasteiger charge is -2.26. The Kier molecular flexibility index (Phi) is 3.12. The summed E-state index contributed by atoms with van der Waals surface area (Å²) in [4.78, 5) is 0. The SMILES string of the molecule is CC1(C)CCC(SCc2ccco2)C1N. The van der Waals surface area contributed by atoms with E-state index in [4.69, 9.17) is 10.2 Å². The Bertz CT molecular complexity index is 307. The molecule has 3 heteroatoms. The predicted molar refractivity (Wildman–Crippen MR) is 64.8 cm³/mol. The van der Waals surface area contributed by atoms with E-state index < -0.39 is 0 Å². The first kappa shape index (κ1) is 11.1. The molecule has 1 aliphatic rings. The van der Waals surface area contributed by atoms with Gasteiger partial charge in [-0.2, -0.15) is 0 Å². The van der Waals surface area contributed by atoms with Gasteiger partial charge in [0.15, 0.2) is 0 Å². The summed E-state index contributed by atoms with van der Waals surface area (Å²) in [5.41, 5.74) is 6.55. The summed E-state index contributed by atoms with van der Waals surface area (Å²) in [7, 11) is 0. The van der Waals surface area contributed by atoms with Crippen LogP contribution in [0.4, 0.5) is 0 Å². The zero-order valence-electron chi connectivity index (χ0n) is 9.40. The standard InChI is InChI=1S/C12H19NOS/c1-12(2)6-5-10(11(12)13)15-8-9-4-3-7-14-9/h3-4,7,10-11H,5-6,8,13H2,1-2H3. The van der Waals surface area contributed by atoms with Gasteiger partial charge in [-0.15, -0.1) is 11.8 Å². The monoisotopic (exact) mass is 225 g/mol. The summed E-state index contributed by atoms with van der Waals surface area (Å²) in [5, 5.41) is 0.588. The third-order valence-corrected chi connectivity index (χ3v) is 4.80. The van der Waals surface area contributed by atoms with Gasteiger partial charge < -0.3 is 10.2 Å². The minimum atomic E-state index is 0.306. The lowest BCUT2D eigenvalue weighted by molar-refractivity contribution is 0.334. The lowest BCUT2D eigenvalue weighted by Crippen LogP contribution is -2.38. The molecule has 2 nitrogen and oxygen atoms in total. The maximum absolute atomic E-state index is 6.24. The van der Waals surface area contributed by atoms with Crippen molar-refractivity contribution in [2.24, 2.45) is 11.1 Å². The maximum atomic E-state index is 6.24. The van der Waals surface area contributed by atoms with E-state index in [9.17, 15) is 0 Å². The van der Waals surface area contributed by atoms with Gasteiger partial charge in [0.2, 0.25) is 0 Å². The van der Waals surface area contributed by atoms with E-state index in [1.165, 1.54) is 12.8 Å². The number of furan rings is 1. The van der Waals surface area contributed by atoms with E-state index in [1.54, 1.807) is 6.26 Å². The summed E-state index contributed by atoms with van der Waals surface area (Å²) >= 11 is 1.93. The van der Waals surface area contributed by atoms with Crippen molar-refractivity contribution in [3.05, 3.63) is 24.2 Å². The van der Waals surface area contributed by atoms with Gasteiger partial charge in [0, 0.05) is 11.3 Å². The molecule has 2 rings (SSSR count). The fourth-order valence-corrected chi connectivity index (χ4v) is 3.54.